The second kappa shape index (κ2) is 7.74. The molecule has 2 heterocycles. The number of esters is 1. The molecule has 1 N–H and O–H groups in total. The average molecular weight is 346 g/mol. The number of aromatic nitrogens is 3. The lowest BCUT2D eigenvalue weighted by Crippen LogP contribution is -2.36. The molecular formula is C18H23FN4O2. The van der Waals surface area contributed by atoms with Gasteiger partial charge in [0.2, 0.25) is 0 Å². The molecule has 0 radical (unpaired) electrons. The highest BCUT2D eigenvalue weighted by molar-refractivity contribution is 5.93. The van der Waals surface area contributed by atoms with Gasteiger partial charge in [-0.2, -0.15) is 10.3 Å². The monoisotopic (exact) mass is 346 g/mol. The van der Waals surface area contributed by atoms with Crippen molar-refractivity contribution in [2.75, 3.05) is 13.2 Å². The Hall–Kier alpha value is -2.28. The van der Waals surface area contributed by atoms with Gasteiger partial charge in [-0.15, -0.1) is 5.10 Å². The van der Waals surface area contributed by atoms with Gasteiger partial charge in [0.25, 0.3) is 0 Å². The zero-order chi connectivity index (χ0) is 17.8. The first-order valence-corrected chi connectivity index (χ1v) is 8.71. The summed E-state index contributed by atoms with van der Waals surface area (Å²) in [5, 5.41) is 10.2. The number of carbonyl (C=O) groups excluding carboxylic acids is 1. The highest BCUT2D eigenvalue weighted by atomic mass is 19.1. The first-order chi connectivity index (χ1) is 12.1. The Morgan fingerprint density at radius 2 is 2.24 bits per heavy atom. The molecule has 25 heavy (non-hydrogen) atoms. The van der Waals surface area contributed by atoms with Gasteiger partial charge in [-0.05, 0) is 39.3 Å². The number of hydrogen-bond donors (Lipinski definition) is 1. The van der Waals surface area contributed by atoms with Crippen LogP contribution in [0.15, 0.2) is 18.2 Å². The van der Waals surface area contributed by atoms with Crippen LogP contribution in [0.3, 0.4) is 0 Å². The maximum atomic E-state index is 14.6. The predicted octanol–water partition coefficient (Wildman–Crippen LogP) is 3.16. The van der Waals surface area contributed by atoms with E-state index in [0.29, 0.717) is 29.4 Å². The van der Waals surface area contributed by atoms with Crippen molar-refractivity contribution in [3.8, 4) is 11.3 Å². The van der Waals surface area contributed by atoms with E-state index in [1.807, 2.05) is 0 Å². The number of carbonyl (C=O) groups is 1. The van der Waals surface area contributed by atoms with Crippen LogP contribution in [0.1, 0.15) is 49.2 Å². The Balaban J connectivity index is 1.81. The quantitative estimate of drug-likeness (QED) is 0.842. The van der Waals surface area contributed by atoms with E-state index in [-0.39, 0.29) is 18.1 Å². The van der Waals surface area contributed by atoms with Gasteiger partial charge in [0.1, 0.15) is 11.5 Å². The van der Waals surface area contributed by atoms with Crippen molar-refractivity contribution in [3.63, 3.8) is 0 Å². The number of aromatic amines is 1. The van der Waals surface area contributed by atoms with E-state index >= 15 is 0 Å². The third-order valence-corrected chi connectivity index (χ3v) is 4.66. The summed E-state index contributed by atoms with van der Waals surface area (Å²) in [6, 6.07) is 5.41. The number of rotatable bonds is 5. The number of nitrogens with one attached hydrogen (secondary N) is 1. The molecule has 0 spiro atoms. The van der Waals surface area contributed by atoms with E-state index < -0.39 is 5.97 Å². The SMILES string of the molecule is CCOC(=O)c1n[nH]nc1-c1ccc(CN2CCCCC2C)c(F)c1. The molecule has 0 saturated carbocycles. The fraction of sp³-hybridized carbons (Fsp3) is 0.500. The number of H-pyrrole nitrogens is 1. The predicted molar refractivity (Wildman–Crippen MR) is 91.5 cm³/mol. The van der Waals surface area contributed by atoms with Gasteiger partial charge in [0.05, 0.1) is 6.61 Å². The smallest absolute Gasteiger partial charge is 0.361 e. The summed E-state index contributed by atoms with van der Waals surface area (Å²) in [5.41, 5.74) is 1.53. The van der Waals surface area contributed by atoms with Crippen LogP contribution >= 0.6 is 0 Å². The van der Waals surface area contributed by atoms with Crippen LogP contribution < -0.4 is 0 Å². The Bertz CT molecular complexity index is 746. The lowest BCUT2D eigenvalue weighted by Gasteiger charge is -2.33. The minimum absolute atomic E-state index is 0.0682. The molecule has 1 aromatic heterocycles. The van der Waals surface area contributed by atoms with Gasteiger partial charge in [-0.1, -0.05) is 18.6 Å². The van der Waals surface area contributed by atoms with Crippen LogP contribution in [0.4, 0.5) is 4.39 Å². The highest BCUT2D eigenvalue weighted by Gasteiger charge is 2.22. The lowest BCUT2D eigenvalue weighted by molar-refractivity contribution is 0.0520. The van der Waals surface area contributed by atoms with E-state index in [4.69, 9.17) is 4.74 Å². The Labute approximate surface area is 146 Å². The molecule has 0 bridgehead atoms. The van der Waals surface area contributed by atoms with Crippen LogP contribution in [-0.4, -0.2) is 45.5 Å². The molecule has 0 aliphatic carbocycles. The minimum atomic E-state index is -0.571. The van der Waals surface area contributed by atoms with E-state index in [2.05, 4.69) is 27.2 Å². The Kier molecular flexibility index (Phi) is 5.43. The standard InChI is InChI=1S/C18H23FN4O2/c1-3-25-18(24)17-16(20-22-21-17)13-7-8-14(15(19)10-13)11-23-9-5-4-6-12(23)2/h7-8,10,12H,3-6,9,11H2,1-2H3,(H,20,21,22). The molecule has 1 atom stereocenters. The number of benzene rings is 1. The number of hydrogen-bond acceptors (Lipinski definition) is 5. The second-order valence-corrected chi connectivity index (χ2v) is 6.36. The van der Waals surface area contributed by atoms with Crippen molar-refractivity contribution >= 4 is 5.97 Å². The van der Waals surface area contributed by atoms with E-state index in [9.17, 15) is 9.18 Å². The summed E-state index contributed by atoms with van der Waals surface area (Å²) in [4.78, 5) is 14.2. The number of nitrogens with zero attached hydrogens (tertiary/aromatic N) is 3. The lowest BCUT2D eigenvalue weighted by atomic mass is 10.0. The van der Waals surface area contributed by atoms with Gasteiger partial charge < -0.3 is 4.74 Å². The van der Waals surface area contributed by atoms with Crippen molar-refractivity contribution in [1.82, 2.24) is 20.3 Å². The Morgan fingerprint density at radius 3 is 2.96 bits per heavy atom. The Morgan fingerprint density at radius 1 is 1.40 bits per heavy atom. The topological polar surface area (TPSA) is 71.1 Å². The van der Waals surface area contributed by atoms with Gasteiger partial charge >= 0.3 is 5.97 Å². The van der Waals surface area contributed by atoms with Crippen LogP contribution in [0.25, 0.3) is 11.3 Å². The van der Waals surface area contributed by atoms with Gasteiger partial charge in [0.15, 0.2) is 5.69 Å². The second-order valence-electron chi connectivity index (χ2n) is 6.36. The molecule has 1 aromatic carbocycles. The number of piperidine rings is 1. The maximum absolute atomic E-state index is 14.6. The molecule has 2 aromatic rings. The number of likely N-dealkylation sites (tertiary alicyclic amines) is 1. The minimum Gasteiger partial charge on any atom is -0.461 e. The van der Waals surface area contributed by atoms with Crippen molar-refractivity contribution in [2.24, 2.45) is 0 Å². The molecule has 1 unspecified atom stereocenters. The van der Waals surface area contributed by atoms with E-state index in [1.165, 1.54) is 12.5 Å². The molecule has 134 valence electrons. The van der Waals surface area contributed by atoms with Crippen LogP contribution in [-0.2, 0) is 11.3 Å². The molecule has 1 saturated heterocycles. The molecule has 1 aliphatic rings. The number of halogens is 1. The summed E-state index contributed by atoms with van der Waals surface area (Å²) in [6.45, 7) is 5.74. The van der Waals surface area contributed by atoms with Crippen molar-refractivity contribution in [1.29, 1.82) is 0 Å². The molecule has 6 nitrogen and oxygen atoms in total. The summed E-state index contributed by atoms with van der Waals surface area (Å²) in [6.07, 6.45) is 3.55. The molecular weight excluding hydrogens is 323 g/mol. The van der Waals surface area contributed by atoms with Crippen LogP contribution in [0, 0.1) is 5.82 Å². The fourth-order valence-electron chi connectivity index (χ4n) is 3.21. The third-order valence-electron chi connectivity index (χ3n) is 4.66. The molecule has 3 rings (SSSR count). The molecule has 0 amide bonds. The fourth-order valence-corrected chi connectivity index (χ4v) is 3.21. The summed E-state index contributed by atoms with van der Waals surface area (Å²) >= 11 is 0. The number of ether oxygens (including phenoxy) is 1. The molecule has 1 fully saturated rings. The molecule has 7 heteroatoms. The summed E-state index contributed by atoms with van der Waals surface area (Å²) in [7, 11) is 0. The maximum Gasteiger partial charge on any atom is 0.361 e. The van der Waals surface area contributed by atoms with E-state index in [1.54, 1.807) is 19.1 Å². The molecule has 1 aliphatic heterocycles. The summed E-state index contributed by atoms with van der Waals surface area (Å²) < 4.78 is 19.6. The van der Waals surface area contributed by atoms with Crippen molar-refractivity contribution < 1.29 is 13.9 Å². The third kappa shape index (κ3) is 3.87. The summed E-state index contributed by atoms with van der Waals surface area (Å²) in [5.74, 6) is -0.869. The van der Waals surface area contributed by atoms with Crippen LogP contribution in [0.5, 0.6) is 0 Å². The first-order valence-electron chi connectivity index (χ1n) is 8.71. The van der Waals surface area contributed by atoms with Crippen molar-refractivity contribution in [3.05, 3.63) is 35.3 Å². The average Bonchev–Trinajstić information content (AvgIpc) is 3.08. The van der Waals surface area contributed by atoms with Crippen molar-refractivity contribution in [2.45, 2.75) is 45.7 Å². The normalized spacial score (nSPS) is 18.3. The van der Waals surface area contributed by atoms with Gasteiger partial charge in [-0.3, -0.25) is 4.90 Å². The largest absolute Gasteiger partial charge is 0.461 e. The van der Waals surface area contributed by atoms with Gasteiger partial charge in [-0.25, -0.2) is 9.18 Å². The van der Waals surface area contributed by atoms with Gasteiger partial charge in [0, 0.05) is 23.7 Å². The van der Waals surface area contributed by atoms with Crippen LogP contribution in [0.2, 0.25) is 0 Å². The zero-order valence-electron chi connectivity index (χ0n) is 14.6. The van der Waals surface area contributed by atoms with E-state index in [0.717, 1.165) is 19.4 Å². The first kappa shape index (κ1) is 17.5. The highest BCUT2D eigenvalue weighted by Crippen LogP contribution is 2.25. The zero-order valence-corrected chi connectivity index (χ0v) is 14.6.